The maximum Gasteiger partial charge on any atom is 0.159 e. The smallest absolute Gasteiger partial charge is 0.159 e. The first-order chi connectivity index (χ1) is 11.5. The molecule has 1 aliphatic rings. The van der Waals surface area contributed by atoms with Crippen LogP contribution in [0.15, 0.2) is 39.7 Å². The van der Waals surface area contributed by atoms with E-state index in [0.717, 1.165) is 32.5 Å². The molecule has 2 atom stereocenters. The quantitative estimate of drug-likeness (QED) is 0.730. The summed E-state index contributed by atoms with van der Waals surface area (Å²) in [5.74, 6) is 0.0822. The Labute approximate surface area is 150 Å². The van der Waals surface area contributed by atoms with Crippen LogP contribution in [0.3, 0.4) is 0 Å². The lowest BCUT2D eigenvalue weighted by atomic mass is 9.89. The Balaban J connectivity index is 1.76. The number of carbonyl (C=O) groups is 1. The number of ether oxygens (including phenoxy) is 2. The van der Waals surface area contributed by atoms with Crippen LogP contribution in [0.25, 0.3) is 0 Å². The topological polar surface area (TPSA) is 48.4 Å². The normalized spacial score (nSPS) is 24.0. The molecule has 0 bridgehead atoms. The monoisotopic (exact) mass is 363 g/mol. The van der Waals surface area contributed by atoms with E-state index in [0.29, 0.717) is 6.61 Å². The highest BCUT2D eigenvalue weighted by Crippen LogP contribution is 2.43. The van der Waals surface area contributed by atoms with Crippen molar-refractivity contribution in [3.8, 4) is 0 Å². The molecule has 0 radical (unpaired) electrons. The summed E-state index contributed by atoms with van der Waals surface area (Å²) in [7, 11) is 1.77. The molecule has 6 heteroatoms. The molecule has 0 spiro atoms. The number of nitrogens with zero attached hydrogens (tertiary/aromatic N) is 1. The predicted octanol–water partition coefficient (Wildman–Crippen LogP) is 4.54. The van der Waals surface area contributed by atoms with E-state index in [-0.39, 0.29) is 17.5 Å². The number of Topliss-reactive ketones (excluding diaryl/α,β-unsaturated/α-hetero) is 1. The molecule has 1 fully saturated rings. The van der Waals surface area contributed by atoms with Crippen LogP contribution in [0.5, 0.6) is 0 Å². The molecular weight excluding hydrogens is 342 g/mol. The second-order valence-corrected chi connectivity index (χ2v) is 8.36. The van der Waals surface area contributed by atoms with Crippen LogP contribution in [0, 0.1) is 0 Å². The zero-order chi connectivity index (χ0) is 17.2. The third kappa shape index (κ3) is 3.72. The molecule has 4 nitrogen and oxygen atoms in total. The average Bonchev–Trinajstić information content (AvgIpc) is 3.04. The summed E-state index contributed by atoms with van der Waals surface area (Å²) >= 11 is 3.29. The predicted molar refractivity (Wildman–Crippen MR) is 96.0 cm³/mol. The molecule has 1 aromatic carbocycles. The number of ketones is 1. The summed E-state index contributed by atoms with van der Waals surface area (Å²) in [4.78, 5) is 18.1. The van der Waals surface area contributed by atoms with Crippen molar-refractivity contribution in [2.75, 3.05) is 13.7 Å². The number of carbonyl (C=O) groups excluding carboxylic acids is 1. The van der Waals surface area contributed by atoms with E-state index in [2.05, 4.69) is 11.9 Å². The summed E-state index contributed by atoms with van der Waals surface area (Å²) in [5.41, 5.74) is 0.445. The van der Waals surface area contributed by atoms with Gasteiger partial charge in [0.05, 0.1) is 17.6 Å². The van der Waals surface area contributed by atoms with Crippen LogP contribution in [-0.2, 0) is 15.1 Å². The van der Waals surface area contributed by atoms with Gasteiger partial charge in [-0.2, -0.15) is 0 Å². The van der Waals surface area contributed by atoms with Gasteiger partial charge in [0, 0.05) is 36.6 Å². The van der Waals surface area contributed by atoms with Gasteiger partial charge in [0.15, 0.2) is 10.1 Å². The van der Waals surface area contributed by atoms with E-state index in [1.54, 1.807) is 37.1 Å². The average molecular weight is 364 g/mol. The number of rotatable bonds is 5. The summed E-state index contributed by atoms with van der Waals surface area (Å²) in [5, 5.41) is 0. The molecule has 0 unspecified atom stereocenters. The molecule has 2 heterocycles. The van der Waals surface area contributed by atoms with Crippen LogP contribution in [-0.4, -0.2) is 30.6 Å². The summed E-state index contributed by atoms with van der Waals surface area (Å²) < 4.78 is 12.5. The van der Waals surface area contributed by atoms with Gasteiger partial charge in [-0.05, 0) is 26.0 Å². The fraction of sp³-hybridized carbons (Fsp3) is 0.444. The lowest BCUT2D eigenvalue weighted by Gasteiger charge is -2.37. The Bertz CT molecular complexity index is 713. The first-order valence-corrected chi connectivity index (χ1v) is 9.57. The molecule has 0 N–H and O–H groups in total. The van der Waals surface area contributed by atoms with Gasteiger partial charge < -0.3 is 9.47 Å². The summed E-state index contributed by atoms with van der Waals surface area (Å²) in [6, 6.07) is 7.64. The van der Waals surface area contributed by atoms with Crippen LogP contribution >= 0.6 is 23.1 Å². The van der Waals surface area contributed by atoms with Crippen molar-refractivity contribution < 1.29 is 14.3 Å². The molecule has 0 amide bonds. The Morgan fingerprint density at radius 2 is 2.17 bits per heavy atom. The van der Waals surface area contributed by atoms with Crippen molar-refractivity contribution in [1.29, 1.82) is 0 Å². The highest BCUT2D eigenvalue weighted by atomic mass is 32.2. The molecule has 24 heavy (non-hydrogen) atoms. The minimum Gasteiger partial charge on any atom is -0.378 e. The second-order valence-electron chi connectivity index (χ2n) is 6.01. The van der Waals surface area contributed by atoms with Gasteiger partial charge in [-0.3, -0.25) is 4.79 Å². The first-order valence-electron chi connectivity index (χ1n) is 7.94. The SMILES string of the molecule is CO[C@]1(c2cnc(Sc3ccc(C(C)=O)cc3)s2)CCO[C@@H](C)C1. The van der Waals surface area contributed by atoms with Crippen molar-refractivity contribution in [1.82, 2.24) is 4.98 Å². The molecule has 128 valence electrons. The molecule has 1 aromatic heterocycles. The third-order valence-electron chi connectivity index (χ3n) is 4.32. The van der Waals surface area contributed by atoms with E-state index in [1.165, 1.54) is 0 Å². The van der Waals surface area contributed by atoms with Gasteiger partial charge in [-0.1, -0.05) is 23.9 Å². The van der Waals surface area contributed by atoms with Crippen LogP contribution < -0.4 is 0 Å². The zero-order valence-corrected chi connectivity index (χ0v) is 15.7. The lowest BCUT2D eigenvalue weighted by molar-refractivity contribution is -0.120. The first kappa shape index (κ1) is 17.6. The number of hydrogen-bond acceptors (Lipinski definition) is 6. The van der Waals surface area contributed by atoms with E-state index >= 15 is 0 Å². The van der Waals surface area contributed by atoms with Crippen molar-refractivity contribution in [2.24, 2.45) is 0 Å². The van der Waals surface area contributed by atoms with Gasteiger partial charge in [0.1, 0.15) is 5.60 Å². The minimum absolute atomic E-state index is 0.0822. The van der Waals surface area contributed by atoms with E-state index < -0.39 is 0 Å². The largest absolute Gasteiger partial charge is 0.378 e. The van der Waals surface area contributed by atoms with Crippen molar-refractivity contribution in [3.63, 3.8) is 0 Å². The van der Waals surface area contributed by atoms with Crippen LogP contribution in [0.1, 0.15) is 41.9 Å². The van der Waals surface area contributed by atoms with Crippen molar-refractivity contribution in [3.05, 3.63) is 40.9 Å². The maximum absolute atomic E-state index is 11.3. The van der Waals surface area contributed by atoms with Gasteiger partial charge in [-0.15, -0.1) is 11.3 Å². The zero-order valence-electron chi connectivity index (χ0n) is 14.1. The Morgan fingerprint density at radius 1 is 1.42 bits per heavy atom. The second kappa shape index (κ2) is 7.35. The molecule has 1 saturated heterocycles. The lowest BCUT2D eigenvalue weighted by Crippen LogP contribution is -2.38. The molecule has 0 saturated carbocycles. The maximum atomic E-state index is 11.3. The number of methoxy groups -OCH3 is 1. The standard InChI is InChI=1S/C18H21NO3S2/c1-12-10-18(21-3,8-9-22-12)16-11-19-17(24-16)23-15-6-4-14(5-7-15)13(2)20/h4-7,11-12H,8-10H2,1-3H3/t12-,18+/m0/s1. The fourth-order valence-electron chi connectivity index (χ4n) is 2.93. The number of hydrogen-bond donors (Lipinski definition) is 0. The van der Waals surface area contributed by atoms with Gasteiger partial charge in [0.25, 0.3) is 0 Å². The van der Waals surface area contributed by atoms with Gasteiger partial charge in [0.2, 0.25) is 0 Å². The van der Waals surface area contributed by atoms with E-state index in [9.17, 15) is 4.79 Å². The number of benzene rings is 1. The molecular formula is C18H21NO3S2. The molecule has 0 aliphatic carbocycles. The Kier molecular flexibility index (Phi) is 5.39. The Morgan fingerprint density at radius 3 is 2.79 bits per heavy atom. The Hall–Kier alpha value is -1.21. The van der Waals surface area contributed by atoms with Crippen LogP contribution in [0.4, 0.5) is 0 Å². The highest BCUT2D eigenvalue weighted by molar-refractivity contribution is 8.01. The number of aromatic nitrogens is 1. The van der Waals surface area contributed by atoms with Gasteiger partial charge in [-0.25, -0.2) is 4.98 Å². The van der Waals surface area contributed by atoms with Crippen molar-refractivity contribution in [2.45, 2.75) is 47.6 Å². The minimum atomic E-state index is -0.285. The van der Waals surface area contributed by atoms with Gasteiger partial charge >= 0.3 is 0 Å². The summed E-state index contributed by atoms with van der Waals surface area (Å²) in [6.07, 6.45) is 3.82. The number of thiazole rings is 1. The van der Waals surface area contributed by atoms with Crippen LogP contribution in [0.2, 0.25) is 0 Å². The molecule has 2 aromatic rings. The third-order valence-corrected chi connectivity index (χ3v) is 6.58. The fourth-order valence-corrected chi connectivity index (χ4v) is 5.09. The highest BCUT2D eigenvalue weighted by Gasteiger charge is 2.39. The molecule has 3 rings (SSSR count). The van der Waals surface area contributed by atoms with E-state index in [1.807, 2.05) is 30.5 Å². The summed E-state index contributed by atoms with van der Waals surface area (Å²) in [6.45, 7) is 4.37. The van der Waals surface area contributed by atoms with E-state index in [4.69, 9.17) is 9.47 Å². The molecule has 1 aliphatic heterocycles. The van der Waals surface area contributed by atoms with Crippen molar-refractivity contribution >= 4 is 28.9 Å².